The second-order valence-electron chi connectivity index (χ2n) is 5.14. The molecule has 3 rings (SSSR count). The van der Waals surface area contributed by atoms with Crippen LogP contribution >= 0.6 is 0 Å². The molecular formula is C15H19N3O. The van der Waals surface area contributed by atoms with Crippen LogP contribution in [0.3, 0.4) is 0 Å². The quantitative estimate of drug-likeness (QED) is 0.886. The summed E-state index contributed by atoms with van der Waals surface area (Å²) in [4.78, 5) is 9.23. The van der Waals surface area contributed by atoms with Gasteiger partial charge in [-0.15, -0.1) is 0 Å². The van der Waals surface area contributed by atoms with E-state index < -0.39 is 0 Å². The lowest BCUT2D eigenvalue weighted by Crippen LogP contribution is -2.05. The van der Waals surface area contributed by atoms with Crippen LogP contribution in [0.25, 0.3) is 11.6 Å². The minimum atomic E-state index is 0.610. The van der Waals surface area contributed by atoms with Gasteiger partial charge in [0.1, 0.15) is 5.82 Å². The molecule has 1 aliphatic carbocycles. The molecule has 1 N–H and O–H groups in total. The average Bonchev–Trinajstić information content (AvgIpc) is 3.18. The number of hydrogen-bond acceptors (Lipinski definition) is 4. The maximum absolute atomic E-state index is 5.51. The van der Waals surface area contributed by atoms with Crippen molar-refractivity contribution >= 4 is 5.82 Å². The summed E-state index contributed by atoms with van der Waals surface area (Å²) >= 11 is 0. The second-order valence-corrected chi connectivity index (χ2v) is 5.14. The van der Waals surface area contributed by atoms with Gasteiger partial charge in [-0.1, -0.05) is 6.92 Å². The monoisotopic (exact) mass is 257 g/mol. The molecule has 0 spiro atoms. The molecule has 2 heterocycles. The fourth-order valence-electron chi connectivity index (χ4n) is 2.10. The topological polar surface area (TPSA) is 51.0 Å². The first-order chi connectivity index (χ1) is 9.28. The van der Waals surface area contributed by atoms with E-state index in [0.717, 1.165) is 35.8 Å². The summed E-state index contributed by atoms with van der Waals surface area (Å²) in [6.07, 6.45) is 5.25. The van der Waals surface area contributed by atoms with E-state index in [1.54, 1.807) is 6.26 Å². The molecule has 19 heavy (non-hydrogen) atoms. The predicted molar refractivity (Wildman–Crippen MR) is 75.2 cm³/mol. The Morgan fingerprint density at radius 2 is 2.21 bits per heavy atom. The number of nitrogens with zero attached hydrogens (tertiary/aromatic N) is 2. The SMILES string of the molecule is CCCNc1cc(C2CC2)nc(-c2occc2C)n1. The van der Waals surface area contributed by atoms with Crippen LogP contribution < -0.4 is 5.32 Å². The number of aryl methyl sites for hydroxylation is 1. The molecule has 0 atom stereocenters. The highest BCUT2D eigenvalue weighted by atomic mass is 16.3. The van der Waals surface area contributed by atoms with E-state index in [9.17, 15) is 0 Å². The summed E-state index contributed by atoms with van der Waals surface area (Å²) in [6.45, 7) is 5.09. The van der Waals surface area contributed by atoms with Crippen molar-refractivity contribution in [3.8, 4) is 11.6 Å². The summed E-state index contributed by atoms with van der Waals surface area (Å²) < 4.78 is 5.51. The Hall–Kier alpha value is -1.84. The van der Waals surface area contributed by atoms with E-state index in [-0.39, 0.29) is 0 Å². The van der Waals surface area contributed by atoms with Gasteiger partial charge in [-0.05, 0) is 37.8 Å². The van der Waals surface area contributed by atoms with Crippen LogP contribution in [0.15, 0.2) is 22.8 Å². The highest BCUT2D eigenvalue weighted by Gasteiger charge is 2.26. The lowest BCUT2D eigenvalue weighted by molar-refractivity contribution is 0.575. The summed E-state index contributed by atoms with van der Waals surface area (Å²) in [5.74, 6) is 3.00. The van der Waals surface area contributed by atoms with Gasteiger partial charge in [-0.3, -0.25) is 0 Å². The molecule has 0 amide bonds. The van der Waals surface area contributed by atoms with Crippen LogP contribution in [0.1, 0.15) is 43.4 Å². The van der Waals surface area contributed by atoms with Gasteiger partial charge >= 0.3 is 0 Å². The Morgan fingerprint density at radius 1 is 1.37 bits per heavy atom. The van der Waals surface area contributed by atoms with Gasteiger partial charge < -0.3 is 9.73 Å². The number of aromatic nitrogens is 2. The molecule has 1 saturated carbocycles. The van der Waals surface area contributed by atoms with E-state index in [0.29, 0.717) is 11.7 Å². The zero-order valence-corrected chi connectivity index (χ0v) is 11.4. The van der Waals surface area contributed by atoms with Crippen LogP contribution in [-0.2, 0) is 0 Å². The van der Waals surface area contributed by atoms with Crippen molar-refractivity contribution in [3.63, 3.8) is 0 Å². The van der Waals surface area contributed by atoms with E-state index in [4.69, 9.17) is 4.42 Å². The van der Waals surface area contributed by atoms with E-state index >= 15 is 0 Å². The Kier molecular flexibility index (Phi) is 3.23. The van der Waals surface area contributed by atoms with Gasteiger partial charge in [0.2, 0.25) is 0 Å². The lowest BCUT2D eigenvalue weighted by Gasteiger charge is -2.08. The van der Waals surface area contributed by atoms with E-state index in [1.165, 1.54) is 12.8 Å². The molecule has 0 bridgehead atoms. The van der Waals surface area contributed by atoms with Crippen molar-refractivity contribution in [2.75, 3.05) is 11.9 Å². The number of nitrogens with one attached hydrogen (secondary N) is 1. The first-order valence-corrected chi connectivity index (χ1v) is 6.95. The van der Waals surface area contributed by atoms with Crippen molar-refractivity contribution in [3.05, 3.63) is 29.7 Å². The van der Waals surface area contributed by atoms with Crippen LogP contribution in [0.5, 0.6) is 0 Å². The molecule has 2 aromatic heterocycles. The highest BCUT2D eigenvalue weighted by molar-refractivity contribution is 5.55. The molecule has 0 unspecified atom stereocenters. The Balaban J connectivity index is 1.98. The third-order valence-corrected chi connectivity index (χ3v) is 3.36. The fourth-order valence-corrected chi connectivity index (χ4v) is 2.10. The maximum atomic E-state index is 5.51. The Morgan fingerprint density at radius 3 is 2.84 bits per heavy atom. The maximum Gasteiger partial charge on any atom is 0.198 e. The first-order valence-electron chi connectivity index (χ1n) is 6.95. The van der Waals surface area contributed by atoms with Gasteiger partial charge in [0, 0.05) is 24.2 Å². The third kappa shape index (κ3) is 2.62. The fraction of sp³-hybridized carbons (Fsp3) is 0.467. The summed E-state index contributed by atoms with van der Waals surface area (Å²) in [7, 11) is 0. The van der Waals surface area contributed by atoms with Crippen LogP contribution in [0.2, 0.25) is 0 Å². The van der Waals surface area contributed by atoms with Gasteiger partial charge in [0.05, 0.1) is 6.26 Å². The van der Waals surface area contributed by atoms with Crippen molar-refractivity contribution < 1.29 is 4.42 Å². The zero-order valence-electron chi connectivity index (χ0n) is 11.4. The molecule has 2 aromatic rings. The lowest BCUT2D eigenvalue weighted by atomic mass is 10.2. The van der Waals surface area contributed by atoms with Crippen molar-refractivity contribution in [1.29, 1.82) is 0 Å². The second kappa shape index (κ2) is 5.03. The molecule has 1 fully saturated rings. The van der Waals surface area contributed by atoms with Crippen molar-refractivity contribution in [2.45, 2.75) is 39.0 Å². The minimum absolute atomic E-state index is 0.610. The van der Waals surface area contributed by atoms with Crippen LogP contribution in [-0.4, -0.2) is 16.5 Å². The predicted octanol–water partition coefficient (Wildman–Crippen LogP) is 3.74. The molecule has 0 aromatic carbocycles. The van der Waals surface area contributed by atoms with Crippen LogP contribution in [0, 0.1) is 6.92 Å². The Bertz CT molecular complexity index is 573. The number of hydrogen-bond donors (Lipinski definition) is 1. The van der Waals surface area contributed by atoms with Gasteiger partial charge in [-0.25, -0.2) is 9.97 Å². The largest absolute Gasteiger partial charge is 0.461 e. The van der Waals surface area contributed by atoms with Crippen LogP contribution in [0.4, 0.5) is 5.82 Å². The van der Waals surface area contributed by atoms with Gasteiger partial charge in [0.25, 0.3) is 0 Å². The highest BCUT2D eigenvalue weighted by Crippen LogP contribution is 2.40. The molecule has 4 heteroatoms. The molecule has 100 valence electrons. The van der Waals surface area contributed by atoms with Gasteiger partial charge in [0.15, 0.2) is 11.6 Å². The van der Waals surface area contributed by atoms with E-state index in [1.807, 2.05) is 13.0 Å². The molecule has 0 aliphatic heterocycles. The zero-order chi connectivity index (χ0) is 13.2. The molecule has 4 nitrogen and oxygen atoms in total. The first kappa shape index (κ1) is 12.2. The number of anilines is 1. The molecular weight excluding hydrogens is 238 g/mol. The van der Waals surface area contributed by atoms with Gasteiger partial charge in [-0.2, -0.15) is 0 Å². The normalized spacial score (nSPS) is 14.6. The van der Waals surface area contributed by atoms with E-state index in [2.05, 4.69) is 28.3 Å². The number of rotatable bonds is 5. The van der Waals surface area contributed by atoms with Crippen molar-refractivity contribution in [2.24, 2.45) is 0 Å². The van der Waals surface area contributed by atoms with Crippen molar-refractivity contribution in [1.82, 2.24) is 9.97 Å². The third-order valence-electron chi connectivity index (χ3n) is 3.36. The Labute approximate surface area is 113 Å². The molecule has 0 radical (unpaired) electrons. The summed E-state index contributed by atoms with van der Waals surface area (Å²) in [5.41, 5.74) is 2.22. The smallest absolute Gasteiger partial charge is 0.198 e. The minimum Gasteiger partial charge on any atom is -0.461 e. The molecule has 1 aliphatic rings. The summed E-state index contributed by atoms with van der Waals surface area (Å²) in [6, 6.07) is 4.02. The summed E-state index contributed by atoms with van der Waals surface area (Å²) in [5, 5.41) is 3.35. The average molecular weight is 257 g/mol. The standard InChI is InChI=1S/C15H19N3O/c1-3-7-16-13-9-12(11-4-5-11)17-15(18-13)14-10(2)6-8-19-14/h6,8-9,11H,3-5,7H2,1-2H3,(H,16,17,18). The number of furan rings is 1. The molecule has 0 saturated heterocycles.